The van der Waals surface area contributed by atoms with Gasteiger partial charge in [0.25, 0.3) is 0 Å². The van der Waals surface area contributed by atoms with E-state index < -0.39 is 10.2 Å². The van der Waals surface area contributed by atoms with E-state index in [4.69, 9.17) is 0 Å². The Hall–Kier alpha value is -0.630. The molecule has 1 saturated heterocycles. The Balaban J connectivity index is 2.13. The molecule has 1 aromatic rings. The molecule has 0 amide bonds. The Bertz CT molecular complexity index is 527. The van der Waals surface area contributed by atoms with Crippen molar-refractivity contribution in [1.29, 1.82) is 0 Å². The van der Waals surface area contributed by atoms with Crippen molar-refractivity contribution in [2.75, 3.05) is 30.9 Å². The summed E-state index contributed by atoms with van der Waals surface area (Å²) in [6, 6.07) is 5.39. The maximum atomic E-state index is 12.1. The fourth-order valence-electron chi connectivity index (χ4n) is 1.81. The highest BCUT2D eigenvalue weighted by Gasteiger charge is 2.23. The molecule has 0 aromatic heterocycles. The van der Waals surface area contributed by atoms with Crippen LogP contribution in [0.5, 0.6) is 0 Å². The standard InChI is InChI=1S/C11H16BrN3O2S/c1-9-8-10(2-3-11(9)12)14-18(16,17)15-6-4-13-5-7-15/h2-3,8,13-14H,4-7H2,1H3. The lowest BCUT2D eigenvalue weighted by atomic mass is 10.2. The van der Waals surface area contributed by atoms with E-state index in [1.54, 1.807) is 6.07 Å². The summed E-state index contributed by atoms with van der Waals surface area (Å²) in [5.74, 6) is 0. The largest absolute Gasteiger partial charge is 0.314 e. The van der Waals surface area contributed by atoms with Crippen LogP contribution in [0.15, 0.2) is 22.7 Å². The molecule has 0 saturated carbocycles. The van der Waals surface area contributed by atoms with Gasteiger partial charge in [-0.15, -0.1) is 0 Å². The van der Waals surface area contributed by atoms with Crippen LogP contribution in [0, 0.1) is 6.92 Å². The van der Waals surface area contributed by atoms with Gasteiger partial charge in [-0.05, 0) is 30.7 Å². The summed E-state index contributed by atoms with van der Waals surface area (Å²) in [6.45, 7) is 4.32. The average Bonchev–Trinajstić information content (AvgIpc) is 2.35. The normalized spacial score (nSPS) is 17.7. The summed E-state index contributed by atoms with van der Waals surface area (Å²) < 4.78 is 29.3. The molecule has 1 aliphatic rings. The molecule has 1 aliphatic heterocycles. The summed E-state index contributed by atoms with van der Waals surface area (Å²) in [5.41, 5.74) is 1.59. The maximum absolute atomic E-state index is 12.1. The summed E-state index contributed by atoms with van der Waals surface area (Å²) in [4.78, 5) is 0. The van der Waals surface area contributed by atoms with E-state index in [0.717, 1.165) is 10.0 Å². The van der Waals surface area contributed by atoms with Crippen LogP contribution >= 0.6 is 15.9 Å². The molecule has 1 aromatic carbocycles. The predicted molar refractivity (Wildman–Crippen MR) is 75.9 cm³/mol. The second-order valence-corrected chi connectivity index (χ2v) is 6.75. The molecule has 1 heterocycles. The molecule has 2 rings (SSSR count). The Kier molecular flexibility index (Phi) is 4.26. The number of benzene rings is 1. The van der Waals surface area contributed by atoms with E-state index in [2.05, 4.69) is 26.0 Å². The molecular weight excluding hydrogens is 318 g/mol. The highest BCUT2D eigenvalue weighted by atomic mass is 79.9. The molecule has 18 heavy (non-hydrogen) atoms. The van der Waals surface area contributed by atoms with Gasteiger partial charge in [0, 0.05) is 30.7 Å². The average molecular weight is 334 g/mol. The molecule has 0 spiro atoms. The molecular formula is C11H16BrN3O2S. The summed E-state index contributed by atoms with van der Waals surface area (Å²) in [6.07, 6.45) is 0. The van der Waals surface area contributed by atoms with Crippen LogP contribution in [-0.2, 0) is 10.2 Å². The highest BCUT2D eigenvalue weighted by molar-refractivity contribution is 9.10. The fourth-order valence-corrected chi connectivity index (χ4v) is 3.27. The van der Waals surface area contributed by atoms with E-state index in [1.807, 2.05) is 19.1 Å². The van der Waals surface area contributed by atoms with Gasteiger partial charge >= 0.3 is 10.2 Å². The predicted octanol–water partition coefficient (Wildman–Crippen LogP) is 1.32. The van der Waals surface area contributed by atoms with Crippen LogP contribution in [0.25, 0.3) is 0 Å². The van der Waals surface area contributed by atoms with Crippen molar-refractivity contribution >= 4 is 31.8 Å². The van der Waals surface area contributed by atoms with Crippen LogP contribution < -0.4 is 10.0 Å². The van der Waals surface area contributed by atoms with Crippen molar-refractivity contribution in [3.05, 3.63) is 28.2 Å². The highest BCUT2D eigenvalue weighted by Crippen LogP contribution is 2.21. The molecule has 2 N–H and O–H groups in total. The quantitative estimate of drug-likeness (QED) is 0.876. The Morgan fingerprint density at radius 1 is 1.33 bits per heavy atom. The zero-order valence-electron chi connectivity index (χ0n) is 10.1. The maximum Gasteiger partial charge on any atom is 0.301 e. The Morgan fingerprint density at radius 3 is 2.61 bits per heavy atom. The number of nitrogens with one attached hydrogen (secondary N) is 2. The van der Waals surface area contributed by atoms with Crippen LogP contribution in [0.2, 0.25) is 0 Å². The lowest BCUT2D eigenvalue weighted by Gasteiger charge is -2.26. The molecule has 0 aliphatic carbocycles. The van der Waals surface area contributed by atoms with Gasteiger partial charge in [-0.25, -0.2) is 0 Å². The molecule has 0 unspecified atom stereocenters. The van der Waals surface area contributed by atoms with Crippen molar-refractivity contribution in [2.45, 2.75) is 6.92 Å². The third-order valence-corrected chi connectivity index (χ3v) is 5.25. The monoisotopic (exact) mass is 333 g/mol. The van der Waals surface area contributed by atoms with E-state index in [1.165, 1.54) is 4.31 Å². The summed E-state index contributed by atoms with van der Waals surface area (Å²) in [5, 5.41) is 3.13. The molecule has 5 nitrogen and oxygen atoms in total. The van der Waals surface area contributed by atoms with Gasteiger partial charge in [0.05, 0.1) is 5.69 Å². The first-order chi connectivity index (χ1) is 8.49. The minimum atomic E-state index is -3.44. The van der Waals surface area contributed by atoms with Crippen molar-refractivity contribution in [3.8, 4) is 0 Å². The van der Waals surface area contributed by atoms with Gasteiger partial charge in [-0.3, -0.25) is 4.72 Å². The molecule has 0 atom stereocenters. The zero-order valence-corrected chi connectivity index (χ0v) is 12.5. The van der Waals surface area contributed by atoms with Crippen LogP contribution in [-0.4, -0.2) is 38.9 Å². The third kappa shape index (κ3) is 3.23. The van der Waals surface area contributed by atoms with Gasteiger partial charge in [-0.1, -0.05) is 15.9 Å². The number of anilines is 1. The van der Waals surface area contributed by atoms with E-state index in [9.17, 15) is 8.42 Å². The van der Waals surface area contributed by atoms with Gasteiger partial charge in [0.15, 0.2) is 0 Å². The molecule has 100 valence electrons. The first kappa shape index (κ1) is 13.8. The Labute approximate surface area is 116 Å². The topological polar surface area (TPSA) is 61.4 Å². The third-order valence-electron chi connectivity index (χ3n) is 2.82. The molecule has 7 heteroatoms. The fraction of sp³-hybridized carbons (Fsp3) is 0.455. The van der Waals surface area contributed by atoms with Gasteiger partial charge in [-0.2, -0.15) is 12.7 Å². The zero-order chi connectivity index (χ0) is 13.2. The number of hydrogen-bond donors (Lipinski definition) is 2. The molecule has 0 radical (unpaired) electrons. The second kappa shape index (κ2) is 5.56. The van der Waals surface area contributed by atoms with Crippen LogP contribution in [0.3, 0.4) is 0 Å². The lowest BCUT2D eigenvalue weighted by Crippen LogP contribution is -2.48. The van der Waals surface area contributed by atoms with Crippen LogP contribution in [0.1, 0.15) is 5.56 Å². The number of rotatable bonds is 3. The van der Waals surface area contributed by atoms with Gasteiger partial charge in [0.2, 0.25) is 0 Å². The van der Waals surface area contributed by atoms with Crippen LogP contribution in [0.4, 0.5) is 5.69 Å². The number of halogens is 1. The molecule has 0 bridgehead atoms. The number of piperazine rings is 1. The minimum absolute atomic E-state index is 0.505. The SMILES string of the molecule is Cc1cc(NS(=O)(=O)N2CCNCC2)ccc1Br. The van der Waals surface area contributed by atoms with E-state index in [0.29, 0.717) is 31.9 Å². The second-order valence-electron chi connectivity index (χ2n) is 4.22. The van der Waals surface area contributed by atoms with Crippen molar-refractivity contribution in [2.24, 2.45) is 0 Å². The van der Waals surface area contributed by atoms with Crippen molar-refractivity contribution in [1.82, 2.24) is 9.62 Å². The number of nitrogens with zero attached hydrogens (tertiary/aromatic N) is 1. The van der Waals surface area contributed by atoms with Gasteiger partial charge in [0.1, 0.15) is 0 Å². The van der Waals surface area contributed by atoms with Crippen molar-refractivity contribution in [3.63, 3.8) is 0 Å². The van der Waals surface area contributed by atoms with E-state index >= 15 is 0 Å². The van der Waals surface area contributed by atoms with Gasteiger partial charge < -0.3 is 5.32 Å². The minimum Gasteiger partial charge on any atom is -0.314 e. The lowest BCUT2D eigenvalue weighted by molar-refractivity contribution is 0.362. The van der Waals surface area contributed by atoms with E-state index in [-0.39, 0.29) is 0 Å². The Morgan fingerprint density at radius 2 is 2.00 bits per heavy atom. The first-order valence-corrected chi connectivity index (χ1v) is 7.97. The smallest absolute Gasteiger partial charge is 0.301 e. The molecule has 1 fully saturated rings. The van der Waals surface area contributed by atoms with Crippen molar-refractivity contribution < 1.29 is 8.42 Å². The number of hydrogen-bond acceptors (Lipinski definition) is 3. The summed E-state index contributed by atoms with van der Waals surface area (Å²) in [7, 11) is -3.44. The first-order valence-electron chi connectivity index (χ1n) is 5.74. The number of aryl methyl sites for hydroxylation is 1. The summed E-state index contributed by atoms with van der Waals surface area (Å²) >= 11 is 3.39.